The molecule has 4 aromatic carbocycles. The highest BCUT2D eigenvalue weighted by molar-refractivity contribution is 7.92. The molecule has 1 aliphatic carbocycles. The second-order valence-corrected chi connectivity index (χ2v) is 14.7. The minimum Gasteiger partial charge on any atom is -0.457 e. The number of amides is 2. The molecule has 0 spiro atoms. The first-order chi connectivity index (χ1) is 23.1. The van der Waals surface area contributed by atoms with Crippen molar-refractivity contribution in [3.63, 3.8) is 0 Å². The zero-order valence-electron chi connectivity index (χ0n) is 26.7. The third-order valence-electron chi connectivity index (χ3n) is 8.36. The second kappa shape index (κ2) is 16.4. The van der Waals surface area contributed by atoms with Gasteiger partial charge in [0.15, 0.2) is 0 Å². The van der Waals surface area contributed by atoms with Crippen molar-refractivity contribution in [1.82, 2.24) is 10.2 Å². The normalized spacial score (nSPS) is 14.1. The molecular weight excluding hydrogens is 669 g/mol. The Kier molecular flexibility index (Phi) is 12.0. The van der Waals surface area contributed by atoms with Crippen LogP contribution in [0.15, 0.2) is 103 Å². The molecule has 0 bridgehead atoms. The van der Waals surface area contributed by atoms with Gasteiger partial charge in [0.1, 0.15) is 24.1 Å². The van der Waals surface area contributed by atoms with Gasteiger partial charge in [0.25, 0.3) is 0 Å². The summed E-state index contributed by atoms with van der Waals surface area (Å²) in [6.07, 6.45) is 6.18. The summed E-state index contributed by atoms with van der Waals surface area (Å²) in [5.74, 6) is 0.284. The van der Waals surface area contributed by atoms with E-state index in [2.05, 4.69) is 5.32 Å². The number of para-hydroxylation sites is 1. The molecule has 8 nitrogen and oxygen atoms in total. The summed E-state index contributed by atoms with van der Waals surface area (Å²) in [5.41, 5.74) is 1.71. The molecular formula is C37H39Cl2N3O5S. The maximum absolute atomic E-state index is 14.4. The second-order valence-electron chi connectivity index (χ2n) is 12.0. The quantitative estimate of drug-likeness (QED) is 0.154. The fourth-order valence-corrected chi connectivity index (χ4v) is 7.17. The summed E-state index contributed by atoms with van der Waals surface area (Å²) in [4.78, 5) is 30.0. The lowest BCUT2D eigenvalue weighted by Crippen LogP contribution is -2.55. The monoisotopic (exact) mass is 707 g/mol. The number of halogens is 2. The number of hydrogen-bond acceptors (Lipinski definition) is 5. The van der Waals surface area contributed by atoms with Crippen LogP contribution in [0.5, 0.6) is 11.5 Å². The topological polar surface area (TPSA) is 96.0 Å². The molecule has 5 rings (SSSR count). The zero-order valence-corrected chi connectivity index (χ0v) is 29.1. The molecule has 0 aliphatic heterocycles. The van der Waals surface area contributed by atoms with Crippen molar-refractivity contribution in [3.05, 3.63) is 124 Å². The van der Waals surface area contributed by atoms with Gasteiger partial charge in [-0.05, 0) is 72.5 Å². The molecule has 4 aromatic rings. The van der Waals surface area contributed by atoms with Gasteiger partial charge < -0.3 is 15.0 Å². The molecule has 252 valence electrons. The van der Waals surface area contributed by atoms with Crippen LogP contribution in [0.25, 0.3) is 0 Å². The fraction of sp³-hybridized carbons (Fsp3) is 0.297. The first kappa shape index (κ1) is 35.3. The van der Waals surface area contributed by atoms with E-state index >= 15 is 0 Å². The Morgan fingerprint density at radius 1 is 0.854 bits per heavy atom. The van der Waals surface area contributed by atoms with E-state index in [4.69, 9.17) is 27.9 Å². The van der Waals surface area contributed by atoms with Gasteiger partial charge in [0.2, 0.25) is 21.8 Å². The fourth-order valence-electron chi connectivity index (χ4n) is 5.85. The van der Waals surface area contributed by atoms with Crippen molar-refractivity contribution in [3.8, 4) is 11.5 Å². The van der Waals surface area contributed by atoms with Gasteiger partial charge in [-0.3, -0.25) is 13.9 Å². The average Bonchev–Trinajstić information content (AvgIpc) is 3.07. The van der Waals surface area contributed by atoms with Crippen LogP contribution >= 0.6 is 23.2 Å². The van der Waals surface area contributed by atoms with Crippen molar-refractivity contribution in [2.75, 3.05) is 17.1 Å². The number of hydrogen-bond donors (Lipinski definition) is 1. The molecule has 1 N–H and O–H groups in total. The van der Waals surface area contributed by atoms with Gasteiger partial charge in [-0.1, -0.05) is 97.1 Å². The predicted octanol–water partition coefficient (Wildman–Crippen LogP) is 7.64. The van der Waals surface area contributed by atoms with Gasteiger partial charge in [-0.2, -0.15) is 0 Å². The third kappa shape index (κ3) is 9.75. The Labute approximate surface area is 292 Å². The van der Waals surface area contributed by atoms with Crippen LogP contribution in [0.3, 0.4) is 0 Å². The predicted molar refractivity (Wildman–Crippen MR) is 191 cm³/mol. The largest absolute Gasteiger partial charge is 0.457 e. The van der Waals surface area contributed by atoms with E-state index in [0.29, 0.717) is 27.1 Å². The minimum atomic E-state index is -3.93. The van der Waals surface area contributed by atoms with Crippen molar-refractivity contribution >= 4 is 50.7 Å². The van der Waals surface area contributed by atoms with Gasteiger partial charge in [0.05, 0.1) is 11.9 Å². The lowest BCUT2D eigenvalue weighted by atomic mass is 9.94. The van der Waals surface area contributed by atoms with Crippen LogP contribution in [0.1, 0.15) is 43.2 Å². The maximum atomic E-state index is 14.4. The number of sulfonamides is 1. The summed E-state index contributed by atoms with van der Waals surface area (Å²) >= 11 is 12.8. The van der Waals surface area contributed by atoms with Gasteiger partial charge in [0, 0.05) is 29.1 Å². The Bertz CT molecular complexity index is 1790. The number of ether oxygens (including phenoxy) is 1. The van der Waals surface area contributed by atoms with E-state index < -0.39 is 28.5 Å². The molecule has 1 atom stereocenters. The maximum Gasteiger partial charge on any atom is 0.244 e. The SMILES string of the molecule is CS(=O)(=O)N(CC(=O)N(Cc1ccc(Cl)cc1Cl)[C@@H](Cc1ccccc1)C(=O)NC1CCCCC1)c1ccc(Oc2ccccc2)cc1. The summed E-state index contributed by atoms with van der Waals surface area (Å²) in [6, 6.07) is 29.1. The number of benzene rings is 4. The standard InChI is InChI=1S/C37H39Cl2N3O5S/c1-48(45,46)42(31-19-21-33(22-20-31)47-32-15-9-4-10-16-32)26-36(43)41(25-28-17-18-29(38)24-34(28)39)35(23-27-11-5-2-6-12-27)37(44)40-30-13-7-3-8-14-30/h2,4-6,9-12,15-22,24,30,35H,3,7-8,13-14,23,25-26H2,1H3,(H,40,44)/t35-/m0/s1. The number of rotatable bonds is 13. The van der Waals surface area contributed by atoms with Crippen molar-refractivity contribution in [2.45, 2.75) is 57.2 Å². The number of nitrogens with zero attached hydrogens (tertiary/aromatic N) is 2. The van der Waals surface area contributed by atoms with Crippen LogP contribution in [-0.2, 0) is 32.6 Å². The van der Waals surface area contributed by atoms with Gasteiger partial charge in [-0.15, -0.1) is 0 Å². The van der Waals surface area contributed by atoms with Gasteiger partial charge >= 0.3 is 0 Å². The zero-order chi connectivity index (χ0) is 34.1. The van der Waals surface area contributed by atoms with Crippen molar-refractivity contribution < 1.29 is 22.7 Å². The molecule has 1 fully saturated rings. The number of carbonyl (C=O) groups excluding carboxylic acids is 2. The molecule has 2 amide bonds. The molecule has 48 heavy (non-hydrogen) atoms. The van der Waals surface area contributed by atoms with E-state index in [9.17, 15) is 18.0 Å². The Morgan fingerprint density at radius 3 is 2.10 bits per heavy atom. The van der Waals surface area contributed by atoms with Gasteiger partial charge in [-0.25, -0.2) is 8.42 Å². The molecule has 11 heteroatoms. The Hall–Kier alpha value is -4.05. The van der Waals surface area contributed by atoms with Crippen LogP contribution in [0, 0.1) is 0 Å². The highest BCUT2D eigenvalue weighted by Gasteiger charge is 2.34. The van der Waals surface area contributed by atoms with E-state index in [-0.39, 0.29) is 30.6 Å². The number of nitrogens with one attached hydrogen (secondary N) is 1. The number of anilines is 1. The summed E-state index contributed by atoms with van der Waals surface area (Å²) in [6.45, 7) is -0.573. The van der Waals surface area contributed by atoms with E-state index in [1.807, 2.05) is 60.7 Å². The lowest BCUT2D eigenvalue weighted by molar-refractivity contribution is -0.140. The van der Waals surface area contributed by atoms with E-state index in [1.165, 1.54) is 4.90 Å². The summed E-state index contributed by atoms with van der Waals surface area (Å²) in [5, 5.41) is 3.96. The molecule has 0 unspecified atom stereocenters. The lowest BCUT2D eigenvalue weighted by Gasteiger charge is -2.35. The Morgan fingerprint density at radius 2 is 1.48 bits per heavy atom. The summed E-state index contributed by atoms with van der Waals surface area (Å²) < 4.78 is 33.3. The molecule has 1 saturated carbocycles. The molecule has 0 radical (unpaired) electrons. The highest BCUT2D eigenvalue weighted by atomic mass is 35.5. The number of carbonyl (C=O) groups is 2. The molecule has 0 aromatic heterocycles. The van der Waals surface area contributed by atoms with Crippen molar-refractivity contribution in [2.24, 2.45) is 0 Å². The van der Waals surface area contributed by atoms with E-state index in [1.54, 1.807) is 42.5 Å². The Balaban J connectivity index is 1.48. The summed E-state index contributed by atoms with van der Waals surface area (Å²) in [7, 11) is -3.93. The van der Waals surface area contributed by atoms with E-state index in [0.717, 1.165) is 48.2 Å². The average molecular weight is 709 g/mol. The van der Waals surface area contributed by atoms with Crippen molar-refractivity contribution in [1.29, 1.82) is 0 Å². The third-order valence-corrected chi connectivity index (χ3v) is 10.1. The minimum absolute atomic E-state index is 0.00438. The van der Waals surface area contributed by atoms with Crippen LogP contribution in [0.2, 0.25) is 10.0 Å². The van der Waals surface area contributed by atoms with Crippen LogP contribution in [-0.4, -0.2) is 50.0 Å². The van der Waals surface area contributed by atoms with Crippen LogP contribution in [0.4, 0.5) is 5.69 Å². The first-order valence-corrected chi connectivity index (χ1v) is 18.6. The molecule has 1 aliphatic rings. The highest BCUT2D eigenvalue weighted by Crippen LogP contribution is 2.28. The first-order valence-electron chi connectivity index (χ1n) is 16.0. The smallest absolute Gasteiger partial charge is 0.244 e. The molecule has 0 heterocycles. The molecule has 0 saturated heterocycles. The van der Waals surface area contributed by atoms with Crippen LogP contribution < -0.4 is 14.4 Å².